The lowest BCUT2D eigenvalue weighted by Gasteiger charge is -2.16. The van der Waals surface area contributed by atoms with E-state index >= 15 is 0 Å². The average Bonchev–Trinajstić information content (AvgIpc) is 2.29. The fraction of sp³-hybridized carbons (Fsp3) is 0.500. The van der Waals surface area contributed by atoms with E-state index in [2.05, 4.69) is 4.90 Å². The predicted molar refractivity (Wildman–Crippen MR) is 63.0 cm³/mol. The van der Waals surface area contributed by atoms with Crippen LogP contribution in [0.25, 0.3) is 0 Å². The second-order valence-electron chi connectivity index (χ2n) is 3.64. The van der Waals surface area contributed by atoms with Crippen LogP contribution in [0.1, 0.15) is 0 Å². The molecule has 1 aromatic rings. The van der Waals surface area contributed by atoms with Gasteiger partial charge in [0.05, 0.1) is 6.61 Å². The van der Waals surface area contributed by atoms with Gasteiger partial charge >= 0.3 is 0 Å². The standard InChI is InChI=1S/C12H19NO3/c1-13(7-9-15-2)8-10-16-12-5-3-11(14)4-6-12/h3-6,14H,7-10H2,1-2H3. The van der Waals surface area contributed by atoms with E-state index in [0.29, 0.717) is 6.61 Å². The zero-order chi connectivity index (χ0) is 11.8. The fourth-order valence-corrected chi connectivity index (χ4v) is 1.22. The zero-order valence-electron chi connectivity index (χ0n) is 9.85. The molecule has 0 aliphatic rings. The van der Waals surface area contributed by atoms with E-state index in [1.54, 1.807) is 31.4 Å². The summed E-state index contributed by atoms with van der Waals surface area (Å²) < 4.78 is 10.5. The third kappa shape index (κ3) is 5.00. The van der Waals surface area contributed by atoms with Crippen molar-refractivity contribution in [1.82, 2.24) is 4.90 Å². The number of methoxy groups -OCH3 is 1. The first kappa shape index (κ1) is 12.8. The molecule has 0 saturated carbocycles. The van der Waals surface area contributed by atoms with Crippen LogP contribution in [0, 0.1) is 0 Å². The first-order valence-electron chi connectivity index (χ1n) is 5.31. The van der Waals surface area contributed by atoms with E-state index in [0.717, 1.165) is 25.4 Å². The molecule has 0 heterocycles. The molecule has 0 bridgehead atoms. The monoisotopic (exact) mass is 225 g/mol. The first-order chi connectivity index (χ1) is 7.72. The van der Waals surface area contributed by atoms with Crippen molar-refractivity contribution >= 4 is 0 Å². The van der Waals surface area contributed by atoms with Gasteiger partial charge in [-0.25, -0.2) is 0 Å². The van der Waals surface area contributed by atoms with Gasteiger partial charge in [0.25, 0.3) is 0 Å². The summed E-state index contributed by atoms with van der Waals surface area (Å²) >= 11 is 0. The Bertz CT molecular complexity index is 287. The Labute approximate surface area is 96.4 Å². The van der Waals surface area contributed by atoms with Crippen molar-refractivity contribution in [3.8, 4) is 11.5 Å². The summed E-state index contributed by atoms with van der Waals surface area (Å²) in [4.78, 5) is 2.14. The highest BCUT2D eigenvalue weighted by molar-refractivity contribution is 5.29. The van der Waals surface area contributed by atoms with Crippen molar-refractivity contribution in [2.75, 3.05) is 40.5 Å². The zero-order valence-corrected chi connectivity index (χ0v) is 9.85. The maximum atomic E-state index is 9.09. The molecule has 0 radical (unpaired) electrons. The highest BCUT2D eigenvalue weighted by Crippen LogP contribution is 2.15. The first-order valence-corrected chi connectivity index (χ1v) is 5.31. The van der Waals surface area contributed by atoms with Crippen molar-refractivity contribution in [2.24, 2.45) is 0 Å². The maximum Gasteiger partial charge on any atom is 0.119 e. The van der Waals surface area contributed by atoms with E-state index in [9.17, 15) is 0 Å². The molecular formula is C12H19NO3. The Morgan fingerprint density at radius 1 is 1.12 bits per heavy atom. The van der Waals surface area contributed by atoms with Gasteiger partial charge in [0.15, 0.2) is 0 Å². The van der Waals surface area contributed by atoms with Crippen LogP contribution in [0.2, 0.25) is 0 Å². The van der Waals surface area contributed by atoms with Crippen LogP contribution in [0.5, 0.6) is 11.5 Å². The number of rotatable bonds is 7. The number of hydrogen-bond acceptors (Lipinski definition) is 4. The summed E-state index contributed by atoms with van der Waals surface area (Å²) in [5, 5.41) is 9.09. The molecule has 0 atom stereocenters. The topological polar surface area (TPSA) is 41.9 Å². The van der Waals surface area contributed by atoms with Gasteiger partial charge < -0.3 is 19.5 Å². The van der Waals surface area contributed by atoms with Crippen molar-refractivity contribution in [3.63, 3.8) is 0 Å². The van der Waals surface area contributed by atoms with Crippen LogP contribution in [0.15, 0.2) is 24.3 Å². The van der Waals surface area contributed by atoms with Crippen molar-refractivity contribution in [2.45, 2.75) is 0 Å². The van der Waals surface area contributed by atoms with Crippen LogP contribution in [0.4, 0.5) is 0 Å². The molecule has 1 N–H and O–H groups in total. The molecule has 4 heteroatoms. The lowest BCUT2D eigenvalue weighted by atomic mass is 10.3. The third-order valence-electron chi connectivity index (χ3n) is 2.26. The fourth-order valence-electron chi connectivity index (χ4n) is 1.22. The Morgan fingerprint density at radius 2 is 1.75 bits per heavy atom. The Kier molecular flexibility index (Phi) is 5.67. The number of likely N-dealkylation sites (N-methyl/N-ethyl adjacent to an activating group) is 1. The van der Waals surface area contributed by atoms with E-state index in [1.807, 2.05) is 7.05 Å². The minimum Gasteiger partial charge on any atom is -0.508 e. The average molecular weight is 225 g/mol. The second kappa shape index (κ2) is 7.09. The molecule has 1 rings (SSSR count). The summed E-state index contributed by atoms with van der Waals surface area (Å²) in [7, 11) is 3.72. The summed E-state index contributed by atoms with van der Waals surface area (Å²) in [6, 6.07) is 6.74. The van der Waals surface area contributed by atoms with Crippen molar-refractivity contribution in [1.29, 1.82) is 0 Å². The number of aromatic hydroxyl groups is 1. The highest BCUT2D eigenvalue weighted by atomic mass is 16.5. The minimum atomic E-state index is 0.254. The number of nitrogens with zero attached hydrogens (tertiary/aromatic N) is 1. The van der Waals surface area contributed by atoms with Gasteiger partial charge in [0, 0.05) is 20.2 Å². The molecule has 0 aliphatic heterocycles. The lowest BCUT2D eigenvalue weighted by molar-refractivity contribution is 0.150. The molecule has 4 nitrogen and oxygen atoms in total. The molecule has 90 valence electrons. The van der Waals surface area contributed by atoms with Gasteiger partial charge in [0.2, 0.25) is 0 Å². The Balaban J connectivity index is 2.17. The van der Waals surface area contributed by atoms with E-state index in [1.165, 1.54) is 0 Å². The van der Waals surface area contributed by atoms with Crippen LogP contribution < -0.4 is 4.74 Å². The van der Waals surface area contributed by atoms with Gasteiger partial charge in [-0.15, -0.1) is 0 Å². The maximum absolute atomic E-state index is 9.09. The third-order valence-corrected chi connectivity index (χ3v) is 2.26. The lowest BCUT2D eigenvalue weighted by Crippen LogP contribution is -2.27. The molecule has 0 amide bonds. The highest BCUT2D eigenvalue weighted by Gasteiger charge is 1.98. The second-order valence-corrected chi connectivity index (χ2v) is 3.64. The number of phenolic OH excluding ortho intramolecular Hbond substituents is 1. The van der Waals surface area contributed by atoms with E-state index in [-0.39, 0.29) is 5.75 Å². The Morgan fingerprint density at radius 3 is 2.38 bits per heavy atom. The number of hydrogen-bond donors (Lipinski definition) is 1. The van der Waals surface area contributed by atoms with Gasteiger partial charge in [-0.3, -0.25) is 0 Å². The van der Waals surface area contributed by atoms with Gasteiger partial charge in [-0.2, -0.15) is 0 Å². The molecule has 0 spiro atoms. The normalized spacial score (nSPS) is 10.7. The van der Waals surface area contributed by atoms with Crippen LogP contribution in [0.3, 0.4) is 0 Å². The number of ether oxygens (including phenoxy) is 2. The molecule has 0 aliphatic carbocycles. The van der Waals surface area contributed by atoms with Crippen LogP contribution >= 0.6 is 0 Å². The minimum absolute atomic E-state index is 0.254. The number of benzene rings is 1. The molecule has 0 saturated heterocycles. The van der Waals surface area contributed by atoms with Crippen LogP contribution in [-0.4, -0.2) is 50.5 Å². The summed E-state index contributed by atoms with van der Waals surface area (Å²) in [6.07, 6.45) is 0. The van der Waals surface area contributed by atoms with Crippen LogP contribution in [-0.2, 0) is 4.74 Å². The quantitative estimate of drug-likeness (QED) is 0.760. The largest absolute Gasteiger partial charge is 0.508 e. The molecule has 0 aromatic heterocycles. The Hall–Kier alpha value is -1.26. The summed E-state index contributed by atoms with van der Waals surface area (Å²) in [6.45, 7) is 3.11. The van der Waals surface area contributed by atoms with E-state index < -0.39 is 0 Å². The molecule has 16 heavy (non-hydrogen) atoms. The predicted octanol–water partition coefficient (Wildman–Crippen LogP) is 1.35. The van der Waals surface area contributed by atoms with Crippen molar-refractivity contribution in [3.05, 3.63) is 24.3 Å². The summed E-state index contributed by atoms with van der Waals surface area (Å²) in [5.41, 5.74) is 0. The molecule has 0 unspecified atom stereocenters. The molecule has 0 fully saturated rings. The smallest absolute Gasteiger partial charge is 0.119 e. The van der Waals surface area contributed by atoms with E-state index in [4.69, 9.17) is 14.6 Å². The van der Waals surface area contributed by atoms with Crippen molar-refractivity contribution < 1.29 is 14.6 Å². The van der Waals surface area contributed by atoms with Gasteiger partial charge in [-0.1, -0.05) is 0 Å². The summed E-state index contributed by atoms with van der Waals surface area (Å²) in [5.74, 6) is 1.03. The van der Waals surface area contributed by atoms with Gasteiger partial charge in [-0.05, 0) is 31.3 Å². The van der Waals surface area contributed by atoms with Gasteiger partial charge in [0.1, 0.15) is 18.1 Å². The SMILES string of the molecule is COCCN(C)CCOc1ccc(O)cc1. The number of phenols is 1. The molecular weight excluding hydrogens is 206 g/mol. The molecule has 1 aromatic carbocycles.